The van der Waals surface area contributed by atoms with E-state index in [4.69, 9.17) is 5.73 Å². The van der Waals surface area contributed by atoms with Gasteiger partial charge in [-0.05, 0) is 11.2 Å². The van der Waals surface area contributed by atoms with Crippen LogP contribution in [0.3, 0.4) is 0 Å². The number of anilines is 1. The molecule has 1 aromatic rings. The Hall–Kier alpha value is -1.63. The largest absolute Gasteiger partial charge is 0.601 e. The summed E-state index contributed by atoms with van der Waals surface area (Å²) in [7, 11) is 0. The van der Waals surface area contributed by atoms with Crippen LogP contribution in [0.1, 0.15) is 0 Å². The molecule has 0 spiro atoms. The third-order valence-corrected chi connectivity index (χ3v) is 1.80. The fourth-order valence-electron chi connectivity index (χ4n) is 1.17. The van der Waals surface area contributed by atoms with Gasteiger partial charge in [-0.3, -0.25) is 5.21 Å². The summed E-state index contributed by atoms with van der Waals surface area (Å²) in [5.41, 5.74) is 6.00. The molecule has 1 heterocycles. The van der Waals surface area contributed by atoms with Crippen LogP contribution >= 0.6 is 0 Å². The first-order valence-electron chi connectivity index (χ1n) is 3.66. The second-order valence-corrected chi connectivity index (χ2v) is 2.60. The highest BCUT2D eigenvalue weighted by Crippen LogP contribution is 2.22. The van der Waals surface area contributed by atoms with Crippen molar-refractivity contribution in [1.29, 1.82) is 0 Å². The van der Waals surface area contributed by atoms with Gasteiger partial charge in [0, 0.05) is 6.07 Å². The van der Waals surface area contributed by atoms with Crippen LogP contribution < -0.4 is 16.0 Å². The molecular weight excluding hydrogens is 172 g/mol. The van der Waals surface area contributed by atoms with E-state index in [1.54, 1.807) is 24.3 Å². The van der Waals surface area contributed by atoms with Crippen LogP contribution in [0.25, 0.3) is 0 Å². The summed E-state index contributed by atoms with van der Waals surface area (Å²) < 4.78 is 0. The maximum atomic E-state index is 11.2. The molecule has 1 unspecified atom stereocenters. The van der Waals surface area contributed by atoms with Gasteiger partial charge in [-0.1, -0.05) is 12.1 Å². The summed E-state index contributed by atoms with van der Waals surface area (Å²) in [6.45, 7) is 0. The Morgan fingerprint density at radius 1 is 1.46 bits per heavy atom. The lowest BCUT2D eigenvalue weighted by atomic mass is 10.2. The van der Waals surface area contributed by atoms with Crippen molar-refractivity contribution in [2.24, 2.45) is 10.8 Å². The van der Waals surface area contributed by atoms with Crippen LogP contribution in [0.5, 0.6) is 0 Å². The van der Waals surface area contributed by atoms with Crippen molar-refractivity contribution in [3.05, 3.63) is 29.5 Å². The summed E-state index contributed by atoms with van der Waals surface area (Å²) in [4.78, 5) is 0. The van der Waals surface area contributed by atoms with Crippen molar-refractivity contribution in [2.45, 2.75) is 0 Å². The number of fused-ring (bicyclic) bond motifs is 1. The third-order valence-electron chi connectivity index (χ3n) is 1.80. The zero-order valence-corrected chi connectivity index (χ0v) is 6.64. The molecule has 13 heavy (non-hydrogen) atoms. The molecule has 1 aromatic carbocycles. The highest BCUT2D eigenvalue weighted by atomic mass is 16.5. The summed E-state index contributed by atoms with van der Waals surface area (Å²) in [6.07, 6.45) is 0. The first-order chi connectivity index (χ1) is 6.20. The van der Waals surface area contributed by atoms with E-state index < -0.39 is 5.17 Å². The first-order valence-corrected chi connectivity index (χ1v) is 3.66. The van der Waals surface area contributed by atoms with Crippen LogP contribution in [-0.4, -0.2) is 11.2 Å². The smallest absolute Gasteiger partial charge is 0.279 e. The molecular formula is C7H8N4O2. The van der Waals surface area contributed by atoms with Gasteiger partial charge in [-0.25, -0.2) is 5.17 Å². The van der Waals surface area contributed by atoms with Gasteiger partial charge < -0.3 is 10.9 Å². The maximum Gasteiger partial charge on any atom is 0.279 e. The van der Waals surface area contributed by atoms with Crippen molar-refractivity contribution in [1.82, 2.24) is 0 Å². The molecule has 0 saturated heterocycles. The minimum atomic E-state index is -0.432. The molecule has 0 aromatic heterocycles. The van der Waals surface area contributed by atoms with Crippen molar-refractivity contribution < 1.29 is 10.4 Å². The topological polar surface area (TPSA) is 89.3 Å². The van der Waals surface area contributed by atoms with E-state index in [0.29, 0.717) is 16.4 Å². The Morgan fingerprint density at radius 3 is 2.92 bits per heavy atom. The van der Waals surface area contributed by atoms with E-state index in [2.05, 4.69) is 5.10 Å². The number of hydrogen-bond donors (Lipinski definition) is 3. The molecule has 0 amide bonds. The highest BCUT2D eigenvalue weighted by molar-refractivity contribution is 5.95. The lowest BCUT2D eigenvalue weighted by Gasteiger charge is -2.26. The SMILES string of the molecule is NC1=N[NH+]([O-])c2ccccc2N1O. The normalized spacial score (nSPS) is 20.9. The molecule has 6 heteroatoms. The summed E-state index contributed by atoms with van der Waals surface area (Å²) in [5, 5.41) is 24.3. The molecule has 0 saturated carbocycles. The number of para-hydroxylation sites is 1. The molecule has 1 aliphatic rings. The van der Waals surface area contributed by atoms with E-state index in [9.17, 15) is 10.4 Å². The zero-order chi connectivity index (χ0) is 9.42. The van der Waals surface area contributed by atoms with Gasteiger partial charge in [0.05, 0.1) is 0 Å². The summed E-state index contributed by atoms with van der Waals surface area (Å²) in [5.74, 6) is -0.205. The van der Waals surface area contributed by atoms with Gasteiger partial charge in [0.1, 0.15) is 5.69 Å². The Labute approximate surface area is 74.0 Å². The van der Waals surface area contributed by atoms with E-state index in [-0.39, 0.29) is 5.96 Å². The quantitative estimate of drug-likeness (QED) is 0.453. The van der Waals surface area contributed by atoms with Crippen LogP contribution in [0, 0.1) is 5.21 Å². The predicted molar refractivity (Wildman–Crippen MR) is 46.3 cm³/mol. The number of nitrogens with zero attached hydrogens (tertiary/aromatic N) is 2. The van der Waals surface area contributed by atoms with Crippen molar-refractivity contribution in [3.63, 3.8) is 0 Å². The van der Waals surface area contributed by atoms with Gasteiger partial charge in [0.25, 0.3) is 5.96 Å². The summed E-state index contributed by atoms with van der Waals surface area (Å²) >= 11 is 0. The van der Waals surface area contributed by atoms with Crippen molar-refractivity contribution in [3.8, 4) is 0 Å². The number of hydroxylamine groups is 1. The Balaban J connectivity index is 2.55. The number of guanidine groups is 1. The molecule has 2 rings (SSSR count). The molecule has 0 aliphatic carbocycles. The standard InChI is InChI=1S/C7H8N4O2/c8-7-9-11(13)6-4-2-1-3-5(6)10(7)12/h1-4,11-12H,(H2,8,9). The third kappa shape index (κ3) is 1.13. The summed E-state index contributed by atoms with van der Waals surface area (Å²) in [6, 6.07) is 6.57. The number of rotatable bonds is 0. The number of benzene rings is 1. The fraction of sp³-hybridized carbons (Fsp3) is 0. The van der Waals surface area contributed by atoms with Crippen molar-refractivity contribution >= 4 is 17.3 Å². The molecule has 1 aliphatic heterocycles. The van der Waals surface area contributed by atoms with Gasteiger partial charge in [0.2, 0.25) is 0 Å². The molecule has 0 bridgehead atoms. The number of quaternary nitrogens is 1. The van der Waals surface area contributed by atoms with Crippen LogP contribution in [0.4, 0.5) is 11.4 Å². The highest BCUT2D eigenvalue weighted by Gasteiger charge is 2.23. The van der Waals surface area contributed by atoms with Gasteiger partial charge in [-0.2, -0.15) is 5.06 Å². The monoisotopic (exact) mass is 180 g/mol. The average molecular weight is 180 g/mol. The molecule has 6 nitrogen and oxygen atoms in total. The second kappa shape index (κ2) is 2.70. The molecule has 4 N–H and O–H groups in total. The van der Waals surface area contributed by atoms with Crippen molar-refractivity contribution in [2.75, 3.05) is 5.06 Å². The van der Waals surface area contributed by atoms with E-state index in [0.717, 1.165) is 0 Å². The van der Waals surface area contributed by atoms with E-state index in [1.807, 2.05) is 0 Å². The lowest BCUT2D eigenvalue weighted by molar-refractivity contribution is -0.784. The zero-order valence-electron chi connectivity index (χ0n) is 6.64. The minimum Gasteiger partial charge on any atom is -0.601 e. The maximum absolute atomic E-state index is 11.2. The molecule has 0 radical (unpaired) electrons. The Kier molecular flexibility index (Phi) is 1.66. The first kappa shape index (κ1) is 7.99. The Bertz CT molecular complexity index is 365. The second-order valence-electron chi connectivity index (χ2n) is 2.60. The molecule has 0 fully saturated rings. The number of nitrogens with two attached hydrogens (primary N) is 1. The van der Waals surface area contributed by atoms with Gasteiger partial charge >= 0.3 is 0 Å². The molecule has 1 atom stereocenters. The number of hydrogen-bond acceptors (Lipinski definition) is 5. The minimum absolute atomic E-state index is 0.205. The van der Waals surface area contributed by atoms with Crippen LogP contribution in [0.15, 0.2) is 29.4 Å². The van der Waals surface area contributed by atoms with Gasteiger partial charge in [0.15, 0.2) is 5.69 Å². The van der Waals surface area contributed by atoms with E-state index >= 15 is 0 Å². The number of nitrogens with one attached hydrogen (secondary N) is 1. The Morgan fingerprint density at radius 2 is 2.15 bits per heavy atom. The fourth-order valence-corrected chi connectivity index (χ4v) is 1.17. The average Bonchev–Trinajstić information content (AvgIpc) is 2.15. The van der Waals surface area contributed by atoms with E-state index in [1.165, 1.54) is 0 Å². The van der Waals surface area contributed by atoms with Crippen LogP contribution in [0.2, 0.25) is 0 Å². The molecule has 68 valence electrons. The lowest BCUT2D eigenvalue weighted by Crippen LogP contribution is -2.98. The predicted octanol–water partition coefficient (Wildman–Crippen LogP) is -0.860. The van der Waals surface area contributed by atoms with Crippen LogP contribution in [-0.2, 0) is 0 Å². The van der Waals surface area contributed by atoms with Gasteiger partial charge in [-0.15, -0.1) is 0 Å².